The Morgan fingerprint density at radius 2 is 1.89 bits per heavy atom. The van der Waals surface area contributed by atoms with Crippen molar-refractivity contribution in [1.29, 1.82) is 0 Å². The average Bonchev–Trinajstić information content (AvgIpc) is 2.46. The van der Waals surface area contributed by atoms with Gasteiger partial charge in [0, 0.05) is 26.3 Å². The number of nitrogens with one attached hydrogen (secondary N) is 1. The number of anilines is 1. The lowest BCUT2D eigenvalue weighted by Gasteiger charge is -2.23. The fourth-order valence-electron chi connectivity index (χ4n) is 1.96. The largest absolute Gasteiger partial charge is 0.386 e. The van der Waals surface area contributed by atoms with Gasteiger partial charge in [0.25, 0.3) is 5.91 Å². The Labute approximate surface area is 116 Å². The summed E-state index contributed by atoms with van der Waals surface area (Å²) in [6.07, 6.45) is 7.68. The van der Waals surface area contributed by atoms with E-state index < -0.39 is 0 Å². The van der Waals surface area contributed by atoms with Crippen LogP contribution in [-0.2, 0) is 0 Å². The van der Waals surface area contributed by atoms with E-state index in [0.717, 1.165) is 44.5 Å². The molecule has 0 saturated heterocycles. The van der Waals surface area contributed by atoms with E-state index in [1.165, 1.54) is 0 Å². The Balaban J connectivity index is 2.84. The number of carbonyl (C=O) groups excluding carboxylic acids is 1. The zero-order valence-corrected chi connectivity index (χ0v) is 12.3. The molecule has 0 aromatic carbocycles. The third-order valence-corrected chi connectivity index (χ3v) is 3.17. The summed E-state index contributed by atoms with van der Waals surface area (Å²) in [7, 11) is 1.82. The highest BCUT2D eigenvalue weighted by Crippen LogP contribution is 2.16. The van der Waals surface area contributed by atoms with Crippen LogP contribution >= 0.6 is 0 Å². The quantitative estimate of drug-likeness (QED) is 0.783. The number of amides is 1. The number of unbranched alkanes of at least 4 members (excludes halogenated alkanes) is 2. The van der Waals surface area contributed by atoms with Gasteiger partial charge in [0.2, 0.25) is 0 Å². The molecule has 1 amide bonds. The molecular formula is C15H25N3O. The van der Waals surface area contributed by atoms with Crippen molar-refractivity contribution >= 4 is 11.6 Å². The first kappa shape index (κ1) is 15.5. The minimum Gasteiger partial charge on any atom is -0.386 e. The van der Waals surface area contributed by atoms with E-state index >= 15 is 0 Å². The minimum absolute atomic E-state index is 0.105. The van der Waals surface area contributed by atoms with E-state index in [0.29, 0.717) is 5.56 Å². The molecule has 0 fully saturated rings. The minimum atomic E-state index is 0.105. The smallest absolute Gasteiger partial charge is 0.256 e. The second kappa shape index (κ2) is 8.51. The van der Waals surface area contributed by atoms with Crippen molar-refractivity contribution < 1.29 is 4.79 Å². The summed E-state index contributed by atoms with van der Waals surface area (Å²) in [5.74, 6) is 0.105. The van der Waals surface area contributed by atoms with Gasteiger partial charge in [-0.3, -0.25) is 9.78 Å². The molecule has 0 aliphatic rings. The summed E-state index contributed by atoms with van der Waals surface area (Å²) in [4.78, 5) is 18.6. The van der Waals surface area contributed by atoms with Gasteiger partial charge >= 0.3 is 0 Å². The molecule has 19 heavy (non-hydrogen) atoms. The molecule has 1 heterocycles. The highest BCUT2D eigenvalue weighted by atomic mass is 16.2. The molecule has 0 bridgehead atoms. The molecule has 0 unspecified atom stereocenters. The molecule has 0 aliphatic carbocycles. The lowest BCUT2D eigenvalue weighted by molar-refractivity contribution is 0.0752. The van der Waals surface area contributed by atoms with Crippen LogP contribution in [0.5, 0.6) is 0 Å². The number of rotatable bonds is 8. The van der Waals surface area contributed by atoms with Crippen LogP contribution in [0.4, 0.5) is 5.69 Å². The molecule has 1 aromatic heterocycles. The molecule has 4 nitrogen and oxygen atoms in total. The first-order valence-corrected chi connectivity index (χ1v) is 7.15. The Morgan fingerprint density at radius 3 is 2.42 bits per heavy atom. The molecule has 0 atom stereocenters. The highest BCUT2D eigenvalue weighted by molar-refractivity contribution is 5.99. The molecular weight excluding hydrogens is 238 g/mol. The average molecular weight is 263 g/mol. The van der Waals surface area contributed by atoms with Gasteiger partial charge < -0.3 is 10.2 Å². The third kappa shape index (κ3) is 4.54. The maximum absolute atomic E-state index is 12.6. The second-order valence-electron chi connectivity index (χ2n) is 4.67. The zero-order valence-electron chi connectivity index (χ0n) is 12.3. The Hall–Kier alpha value is -1.58. The summed E-state index contributed by atoms with van der Waals surface area (Å²) >= 11 is 0. The van der Waals surface area contributed by atoms with Crippen molar-refractivity contribution in [2.24, 2.45) is 0 Å². The Morgan fingerprint density at radius 1 is 1.26 bits per heavy atom. The van der Waals surface area contributed by atoms with Crippen molar-refractivity contribution in [3.63, 3.8) is 0 Å². The monoisotopic (exact) mass is 263 g/mol. The molecule has 4 heteroatoms. The van der Waals surface area contributed by atoms with E-state index in [2.05, 4.69) is 24.1 Å². The maximum atomic E-state index is 12.6. The van der Waals surface area contributed by atoms with Crippen LogP contribution in [0.25, 0.3) is 0 Å². The van der Waals surface area contributed by atoms with Gasteiger partial charge in [0.05, 0.1) is 17.4 Å². The van der Waals surface area contributed by atoms with Gasteiger partial charge in [-0.1, -0.05) is 26.7 Å². The number of aromatic nitrogens is 1. The Kier molecular flexibility index (Phi) is 6.93. The van der Waals surface area contributed by atoms with Gasteiger partial charge in [-0.05, 0) is 18.9 Å². The summed E-state index contributed by atoms with van der Waals surface area (Å²) in [6.45, 7) is 5.96. The van der Waals surface area contributed by atoms with Crippen LogP contribution in [0.1, 0.15) is 49.9 Å². The van der Waals surface area contributed by atoms with E-state index in [9.17, 15) is 4.79 Å². The summed E-state index contributed by atoms with van der Waals surface area (Å²) in [5.41, 5.74) is 1.51. The summed E-state index contributed by atoms with van der Waals surface area (Å²) in [5, 5.41) is 3.03. The van der Waals surface area contributed by atoms with Crippen LogP contribution in [-0.4, -0.2) is 35.9 Å². The van der Waals surface area contributed by atoms with Crippen LogP contribution in [0, 0.1) is 0 Å². The van der Waals surface area contributed by atoms with Gasteiger partial charge in [-0.2, -0.15) is 0 Å². The fourth-order valence-corrected chi connectivity index (χ4v) is 1.96. The Bertz CT molecular complexity index is 385. The van der Waals surface area contributed by atoms with Crippen molar-refractivity contribution in [2.75, 3.05) is 25.5 Å². The van der Waals surface area contributed by atoms with Crippen LogP contribution in [0.2, 0.25) is 0 Å². The molecule has 0 aliphatic heterocycles. The lowest BCUT2D eigenvalue weighted by atomic mass is 10.1. The van der Waals surface area contributed by atoms with Gasteiger partial charge in [0.1, 0.15) is 0 Å². The predicted octanol–water partition coefficient (Wildman–Crippen LogP) is 3.17. The van der Waals surface area contributed by atoms with E-state index in [4.69, 9.17) is 0 Å². The number of nitrogens with zero attached hydrogens (tertiary/aromatic N) is 2. The topological polar surface area (TPSA) is 45.2 Å². The van der Waals surface area contributed by atoms with Crippen LogP contribution in [0.3, 0.4) is 0 Å². The maximum Gasteiger partial charge on any atom is 0.256 e. The summed E-state index contributed by atoms with van der Waals surface area (Å²) < 4.78 is 0. The van der Waals surface area contributed by atoms with Crippen LogP contribution in [0.15, 0.2) is 18.5 Å². The first-order chi connectivity index (χ1) is 9.24. The molecule has 0 saturated carbocycles. The highest BCUT2D eigenvalue weighted by Gasteiger charge is 2.17. The summed E-state index contributed by atoms with van der Waals surface area (Å²) in [6, 6.07) is 1.79. The first-order valence-electron chi connectivity index (χ1n) is 7.15. The normalized spacial score (nSPS) is 10.3. The fraction of sp³-hybridized carbons (Fsp3) is 0.600. The molecule has 106 valence electrons. The van der Waals surface area contributed by atoms with Crippen molar-refractivity contribution in [3.8, 4) is 0 Å². The molecule has 1 N–H and O–H groups in total. The van der Waals surface area contributed by atoms with E-state index in [1.807, 2.05) is 11.9 Å². The van der Waals surface area contributed by atoms with E-state index in [-0.39, 0.29) is 5.91 Å². The molecule has 1 aromatic rings. The van der Waals surface area contributed by atoms with Crippen molar-refractivity contribution in [1.82, 2.24) is 9.88 Å². The van der Waals surface area contributed by atoms with Crippen molar-refractivity contribution in [2.45, 2.75) is 39.5 Å². The molecule has 1 rings (SSSR count). The lowest BCUT2D eigenvalue weighted by Crippen LogP contribution is -2.33. The van der Waals surface area contributed by atoms with Gasteiger partial charge in [-0.25, -0.2) is 0 Å². The van der Waals surface area contributed by atoms with Crippen molar-refractivity contribution in [3.05, 3.63) is 24.0 Å². The van der Waals surface area contributed by atoms with Gasteiger partial charge in [-0.15, -0.1) is 0 Å². The predicted molar refractivity (Wildman–Crippen MR) is 79.5 cm³/mol. The molecule has 0 spiro atoms. The number of hydrogen-bond donors (Lipinski definition) is 1. The number of carbonyl (C=O) groups is 1. The zero-order chi connectivity index (χ0) is 14.1. The van der Waals surface area contributed by atoms with E-state index in [1.54, 1.807) is 18.5 Å². The van der Waals surface area contributed by atoms with Crippen LogP contribution < -0.4 is 5.32 Å². The number of pyridine rings is 1. The SMILES string of the molecule is CCCCN(CCCC)C(=O)c1ccncc1NC. The second-order valence-corrected chi connectivity index (χ2v) is 4.67. The molecule has 0 radical (unpaired) electrons. The third-order valence-electron chi connectivity index (χ3n) is 3.17. The van der Waals surface area contributed by atoms with Gasteiger partial charge in [0.15, 0.2) is 0 Å². The standard InChI is InChI=1S/C15H25N3O/c1-4-6-10-18(11-7-5-2)15(19)13-8-9-17-12-14(13)16-3/h8-9,12,16H,4-7,10-11H2,1-3H3. The number of hydrogen-bond acceptors (Lipinski definition) is 3.